The summed E-state index contributed by atoms with van der Waals surface area (Å²) in [6.07, 6.45) is 1.71. The average Bonchev–Trinajstić information content (AvgIpc) is 2.19. The summed E-state index contributed by atoms with van der Waals surface area (Å²) in [5.74, 6) is -0.178. The van der Waals surface area contributed by atoms with Crippen LogP contribution >= 0.6 is 0 Å². The van der Waals surface area contributed by atoms with Crippen LogP contribution in [0.15, 0.2) is 0 Å². The van der Waals surface area contributed by atoms with Gasteiger partial charge in [0.1, 0.15) is 5.54 Å². The molecule has 15 heavy (non-hydrogen) atoms. The SMILES string of the molecule is CCCC(C)(NCCOC)C(=O)OCC. The Morgan fingerprint density at radius 1 is 1.40 bits per heavy atom. The maximum Gasteiger partial charge on any atom is 0.326 e. The van der Waals surface area contributed by atoms with Crippen molar-refractivity contribution in [1.82, 2.24) is 5.32 Å². The summed E-state index contributed by atoms with van der Waals surface area (Å²) in [7, 11) is 1.64. The first-order valence-corrected chi connectivity index (χ1v) is 5.52. The molecule has 4 nitrogen and oxygen atoms in total. The first-order valence-electron chi connectivity index (χ1n) is 5.52. The monoisotopic (exact) mass is 217 g/mol. The van der Waals surface area contributed by atoms with E-state index in [1.165, 1.54) is 0 Å². The highest BCUT2D eigenvalue weighted by Crippen LogP contribution is 2.14. The Kier molecular flexibility index (Phi) is 7.34. The predicted octanol–water partition coefficient (Wildman–Crippen LogP) is 1.34. The lowest BCUT2D eigenvalue weighted by atomic mass is 9.96. The van der Waals surface area contributed by atoms with Crippen molar-refractivity contribution >= 4 is 5.97 Å². The van der Waals surface area contributed by atoms with E-state index in [0.29, 0.717) is 19.8 Å². The van der Waals surface area contributed by atoms with Crippen LogP contribution in [-0.2, 0) is 14.3 Å². The molecule has 0 saturated carbocycles. The highest BCUT2D eigenvalue weighted by atomic mass is 16.5. The lowest BCUT2D eigenvalue weighted by Crippen LogP contribution is -2.51. The van der Waals surface area contributed by atoms with Gasteiger partial charge in [-0.05, 0) is 20.3 Å². The molecule has 0 amide bonds. The zero-order valence-electron chi connectivity index (χ0n) is 10.3. The fourth-order valence-corrected chi connectivity index (χ4v) is 1.48. The van der Waals surface area contributed by atoms with Gasteiger partial charge in [-0.15, -0.1) is 0 Å². The topological polar surface area (TPSA) is 47.6 Å². The van der Waals surface area contributed by atoms with Gasteiger partial charge < -0.3 is 9.47 Å². The molecular formula is C11H23NO3. The predicted molar refractivity (Wildman–Crippen MR) is 59.8 cm³/mol. The number of carbonyl (C=O) groups is 1. The second kappa shape index (κ2) is 7.65. The zero-order valence-corrected chi connectivity index (χ0v) is 10.3. The van der Waals surface area contributed by atoms with Gasteiger partial charge in [0.25, 0.3) is 0 Å². The first-order chi connectivity index (χ1) is 7.10. The highest BCUT2D eigenvalue weighted by molar-refractivity contribution is 5.80. The minimum absolute atomic E-state index is 0.178. The van der Waals surface area contributed by atoms with E-state index in [9.17, 15) is 4.79 Å². The summed E-state index contributed by atoms with van der Waals surface area (Å²) in [5.41, 5.74) is -0.580. The van der Waals surface area contributed by atoms with Crippen LogP contribution in [0.1, 0.15) is 33.6 Å². The molecule has 0 aromatic carbocycles. The smallest absolute Gasteiger partial charge is 0.326 e. The number of hydrogen-bond donors (Lipinski definition) is 1. The molecule has 1 N–H and O–H groups in total. The van der Waals surface area contributed by atoms with Gasteiger partial charge in [0, 0.05) is 13.7 Å². The molecular weight excluding hydrogens is 194 g/mol. The van der Waals surface area contributed by atoms with Gasteiger partial charge in [-0.3, -0.25) is 10.1 Å². The van der Waals surface area contributed by atoms with Crippen molar-refractivity contribution in [1.29, 1.82) is 0 Å². The van der Waals surface area contributed by atoms with Gasteiger partial charge in [-0.25, -0.2) is 0 Å². The maximum absolute atomic E-state index is 11.7. The van der Waals surface area contributed by atoms with Crippen molar-refractivity contribution in [3.8, 4) is 0 Å². The van der Waals surface area contributed by atoms with Crippen LogP contribution in [0, 0.1) is 0 Å². The van der Waals surface area contributed by atoms with Crippen LogP contribution in [0.2, 0.25) is 0 Å². The van der Waals surface area contributed by atoms with Crippen molar-refractivity contribution in [2.24, 2.45) is 0 Å². The summed E-state index contributed by atoms with van der Waals surface area (Å²) in [6.45, 7) is 7.42. The van der Waals surface area contributed by atoms with E-state index >= 15 is 0 Å². The Hall–Kier alpha value is -0.610. The lowest BCUT2D eigenvalue weighted by Gasteiger charge is -2.28. The second-order valence-electron chi connectivity index (χ2n) is 3.72. The van der Waals surface area contributed by atoms with E-state index < -0.39 is 5.54 Å². The molecule has 0 aliphatic rings. The van der Waals surface area contributed by atoms with Crippen molar-refractivity contribution < 1.29 is 14.3 Å². The third-order valence-corrected chi connectivity index (χ3v) is 2.30. The number of esters is 1. The fraction of sp³-hybridized carbons (Fsp3) is 0.909. The second-order valence-corrected chi connectivity index (χ2v) is 3.72. The number of carbonyl (C=O) groups excluding carboxylic acids is 1. The number of hydrogen-bond acceptors (Lipinski definition) is 4. The third-order valence-electron chi connectivity index (χ3n) is 2.30. The van der Waals surface area contributed by atoms with Crippen LogP contribution in [0.5, 0.6) is 0 Å². The Labute approximate surface area is 92.3 Å². The highest BCUT2D eigenvalue weighted by Gasteiger charge is 2.32. The zero-order chi connectivity index (χ0) is 11.7. The van der Waals surface area contributed by atoms with Crippen LogP contribution < -0.4 is 5.32 Å². The maximum atomic E-state index is 11.7. The van der Waals surface area contributed by atoms with Crippen LogP contribution in [-0.4, -0.2) is 38.4 Å². The molecule has 1 atom stereocenters. The molecule has 0 aromatic rings. The molecule has 0 aromatic heterocycles. The van der Waals surface area contributed by atoms with E-state index in [1.807, 2.05) is 13.8 Å². The quantitative estimate of drug-likeness (QED) is 0.492. The molecule has 0 fully saturated rings. The summed E-state index contributed by atoms with van der Waals surface area (Å²) in [4.78, 5) is 11.7. The van der Waals surface area contributed by atoms with Crippen molar-refractivity contribution in [2.75, 3.05) is 26.9 Å². The van der Waals surface area contributed by atoms with Crippen molar-refractivity contribution in [3.63, 3.8) is 0 Å². The van der Waals surface area contributed by atoms with Gasteiger partial charge in [-0.2, -0.15) is 0 Å². The van der Waals surface area contributed by atoms with E-state index in [-0.39, 0.29) is 5.97 Å². The summed E-state index contributed by atoms with van der Waals surface area (Å²) >= 11 is 0. The van der Waals surface area contributed by atoms with Gasteiger partial charge in [0.05, 0.1) is 13.2 Å². The standard InChI is InChI=1S/C11H23NO3/c1-5-7-11(3,10(13)15-6-2)12-8-9-14-4/h12H,5-9H2,1-4H3. The Morgan fingerprint density at radius 3 is 2.53 bits per heavy atom. The molecule has 4 heteroatoms. The Bertz CT molecular complexity index is 185. The van der Waals surface area contributed by atoms with Crippen LogP contribution in [0.25, 0.3) is 0 Å². The molecule has 0 bridgehead atoms. The van der Waals surface area contributed by atoms with E-state index in [4.69, 9.17) is 9.47 Å². The van der Waals surface area contributed by atoms with Gasteiger partial charge in [0.15, 0.2) is 0 Å². The fourth-order valence-electron chi connectivity index (χ4n) is 1.48. The molecule has 0 aliphatic heterocycles. The average molecular weight is 217 g/mol. The molecule has 0 spiro atoms. The van der Waals surface area contributed by atoms with E-state index in [2.05, 4.69) is 12.2 Å². The largest absolute Gasteiger partial charge is 0.465 e. The first kappa shape index (κ1) is 14.4. The van der Waals surface area contributed by atoms with Crippen molar-refractivity contribution in [3.05, 3.63) is 0 Å². The van der Waals surface area contributed by atoms with Crippen LogP contribution in [0.4, 0.5) is 0 Å². The Morgan fingerprint density at radius 2 is 2.07 bits per heavy atom. The molecule has 1 unspecified atom stereocenters. The molecule has 90 valence electrons. The molecule has 0 heterocycles. The molecule has 0 radical (unpaired) electrons. The van der Waals surface area contributed by atoms with Crippen LogP contribution in [0.3, 0.4) is 0 Å². The third kappa shape index (κ3) is 5.14. The van der Waals surface area contributed by atoms with Gasteiger partial charge in [0.2, 0.25) is 0 Å². The molecule has 0 saturated heterocycles. The number of methoxy groups -OCH3 is 1. The Balaban J connectivity index is 4.22. The molecule has 0 rings (SSSR count). The van der Waals surface area contributed by atoms with Gasteiger partial charge in [-0.1, -0.05) is 13.3 Å². The minimum Gasteiger partial charge on any atom is -0.465 e. The number of nitrogens with one attached hydrogen (secondary N) is 1. The summed E-state index contributed by atoms with van der Waals surface area (Å²) < 4.78 is 9.99. The minimum atomic E-state index is -0.580. The summed E-state index contributed by atoms with van der Waals surface area (Å²) in [6, 6.07) is 0. The number of ether oxygens (including phenoxy) is 2. The normalized spacial score (nSPS) is 14.7. The van der Waals surface area contributed by atoms with Gasteiger partial charge >= 0.3 is 5.97 Å². The number of rotatable bonds is 8. The van der Waals surface area contributed by atoms with Crippen molar-refractivity contribution in [2.45, 2.75) is 39.2 Å². The lowest BCUT2D eigenvalue weighted by molar-refractivity contribution is -0.150. The van der Waals surface area contributed by atoms with E-state index in [1.54, 1.807) is 7.11 Å². The molecule has 0 aliphatic carbocycles. The summed E-state index contributed by atoms with van der Waals surface area (Å²) in [5, 5.41) is 3.18. The van der Waals surface area contributed by atoms with E-state index in [0.717, 1.165) is 12.8 Å².